The van der Waals surface area contributed by atoms with E-state index in [9.17, 15) is 4.79 Å². The van der Waals surface area contributed by atoms with E-state index in [0.29, 0.717) is 5.25 Å². The third-order valence-electron chi connectivity index (χ3n) is 2.20. The number of aromatic nitrogens is 2. The van der Waals surface area contributed by atoms with Gasteiger partial charge < -0.3 is 0 Å². The van der Waals surface area contributed by atoms with Gasteiger partial charge in [-0.1, -0.05) is 25.6 Å². The van der Waals surface area contributed by atoms with Crippen LogP contribution in [-0.4, -0.2) is 20.6 Å². The quantitative estimate of drug-likeness (QED) is 0.586. The van der Waals surface area contributed by atoms with Crippen LogP contribution in [0.1, 0.15) is 19.5 Å². The van der Waals surface area contributed by atoms with Crippen LogP contribution in [0.5, 0.6) is 0 Å². The molecule has 0 spiro atoms. The molecule has 0 radical (unpaired) electrons. The molecule has 0 N–H and O–H groups in total. The first-order valence-corrected chi connectivity index (χ1v) is 6.85. The molecule has 2 rings (SSSR count). The first-order valence-electron chi connectivity index (χ1n) is 4.99. The van der Waals surface area contributed by atoms with E-state index in [0.717, 1.165) is 27.9 Å². The second-order valence-electron chi connectivity index (χ2n) is 3.80. The monoisotopic (exact) mass is 242 g/mol. The Morgan fingerprint density at radius 3 is 2.93 bits per heavy atom. The van der Waals surface area contributed by atoms with Gasteiger partial charge in [0.2, 0.25) is 0 Å². The lowest BCUT2D eigenvalue weighted by atomic mass is 10.3. The highest BCUT2D eigenvalue weighted by Crippen LogP contribution is 2.29. The fraction of sp³-hybridized carbons (Fsp3) is 0.600. The predicted octanol–water partition coefficient (Wildman–Crippen LogP) is 1.93. The molecule has 0 aromatic carbocycles. The lowest BCUT2D eigenvalue weighted by molar-refractivity contribution is 0.667. The smallest absolute Gasteiger partial charge is 0.267 e. The molecule has 0 fully saturated rings. The molecule has 2 heterocycles. The second kappa shape index (κ2) is 4.22. The van der Waals surface area contributed by atoms with E-state index < -0.39 is 0 Å². The maximum absolute atomic E-state index is 12.0. The molecule has 0 unspecified atom stereocenters. The molecular weight excluding hydrogens is 228 g/mol. The summed E-state index contributed by atoms with van der Waals surface area (Å²) in [6.45, 7) is 4.22. The van der Waals surface area contributed by atoms with E-state index in [1.54, 1.807) is 35.1 Å². The first kappa shape index (κ1) is 11.1. The molecule has 0 saturated carbocycles. The summed E-state index contributed by atoms with van der Waals surface area (Å²) in [4.78, 5) is 17.4. The summed E-state index contributed by atoms with van der Waals surface area (Å²) in [6, 6.07) is 0. The van der Waals surface area contributed by atoms with Crippen LogP contribution in [0.25, 0.3) is 0 Å². The number of nitrogens with zero attached hydrogens (tertiary/aromatic N) is 2. The topological polar surface area (TPSA) is 34.9 Å². The molecule has 1 aliphatic rings. The van der Waals surface area contributed by atoms with Crippen LogP contribution < -0.4 is 5.56 Å². The Morgan fingerprint density at radius 1 is 1.53 bits per heavy atom. The molecule has 5 heteroatoms. The summed E-state index contributed by atoms with van der Waals surface area (Å²) in [5.74, 6) is 0.993. The van der Waals surface area contributed by atoms with Crippen LogP contribution >= 0.6 is 23.5 Å². The van der Waals surface area contributed by atoms with E-state index >= 15 is 0 Å². The van der Waals surface area contributed by atoms with E-state index in [-0.39, 0.29) is 5.56 Å². The van der Waals surface area contributed by atoms with Gasteiger partial charge in [0.25, 0.3) is 5.56 Å². The molecule has 0 bridgehead atoms. The van der Waals surface area contributed by atoms with Crippen molar-refractivity contribution in [2.24, 2.45) is 7.05 Å². The van der Waals surface area contributed by atoms with Gasteiger partial charge in [-0.25, -0.2) is 4.98 Å². The van der Waals surface area contributed by atoms with Gasteiger partial charge in [0.1, 0.15) is 0 Å². The zero-order valence-corrected chi connectivity index (χ0v) is 10.7. The zero-order valence-electron chi connectivity index (χ0n) is 9.11. The van der Waals surface area contributed by atoms with Gasteiger partial charge in [0.15, 0.2) is 5.16 Å². The zero-order chi connectivity index (χ0) is 11.0. The summed E-state index contributed by atoms with van der Waals surface area (Å²) in [5.41, 5.74) is 1.11. The largest absolute Gasteiger partial charge is 0.290 e. The molecule has 1 aliphatic heterocycles. The minimum absolute atomic E-state index is 0.116. The van der Waals surface area contributed by atoms with Crippen molar-refractivity contribution in [3.8, 4) is 0 Å². The molecule has 82 valence electrons. The average molecular weight is 242 g/mol. The van der Waals surface area contributed by atoms with Crippen molar-refractivity contribution in [1.82, 2.24) is 9.55 Å². The summed E-state index contributed by atoms with van der Waals surface area (Å²) in [7, 11) is 1.80. The fourth-order valence-electron chi connectivity index (χ4n) is 1.48. The highest BCUT2D eigenvalue weighted by atomic mass is 32.2. The Labute approximate surface area is 97.7 Å². The van der Waals surface area contributed by atoms with Crippen molar-refractivity contribution in [3.05, 3.63) is 16.0 Å². The third-order valence-corrected chi connectivity index (χ3v) is 4.36. The van der Waals surface area contributed by atoms with Crippen molar-refractivity contribution >= 4 is 23.5 Å². The molecule has 0 atom stereocenters. The van der Waals surface area contributed by atoms with Crippen molar-refractivity contribution < 1.29 is 0 Å². The van der Waals surface area contributed by atoms with Gasteiger partial charge >= 0.3 is 0 Å². The molecule has 0 saturated heterocycles. The molecular formula is C10H14N2OS2. The van der Waals surface area contributed by atoms with Gasteiger partial charge in [0.05, 0.1) is 10.6 Å². The van der Waals surface area contributed by atoms with E-state index in [2.05, 4.69) is 18.8 Å². The van der Waals surface area contributed by atoms with Crippen LogP contribution in [0, 0.1) is 0 Å². The van der Waals surface area contributed by atoms with Crippen LogP contribution in [-0.2, 0) is 13.5 Å². The van der Waals surface area contributed by atoms with Gasteiger partial charge in [-0.05, 0) is 0 Å². The van der Waals surface area contributed by atoms with E-state index in [1.807, 2.05) is 0 Å². The molecule has 15 heavy (non-hydrogen) atoms. The average Bonchev–Trinajstić information content (AvgIpc) is 2.61. The van der Waals surface area contributed by atoms with Crippen molar-refractivity contribution in [3.63, 3.8) is 0 Å². The SMILES string of the molecule is CC(C)Sc1nc2c(c(=O)n1C)SCC2. The Balaban J connectivity index is 2.49. The minimum Gasteiger partial charge on any atom is -0.290 e. The maximum Gasteiger partial charge on any atom is 0.267 e. The fourth-order valence-corrected chi connectivity index (χ4v) is 3.38. The van der Waals surface area contributed by atoms with Crippen LogP contribution in [0.3, 0.4) is 0 Å². The number of hydrogen-bond acceptors (Lipinski definition) is 4. The summed E-state index contributed by atoms with van der Waals surface area (Å²) < 4.78 is 1.67. The Kier molecular flexibility index (Phi) is 3.11. The Bertz CT molecular complexity index is 440. The van der Waals surface area contributed by atoms with E-state index in [1.165, 1.54) is 0 Å². The highest BCUT2D eigenvalue weighted by Gasteiger charge is 2.20. The molecule has 0 amide bonds. The van der Waals surface area contributed by atoms with Crippen molar-refractivity contribution in [2.75, 3.05) is 5.75 Å². The molecule has 0 aliphatic carbocycles. The number of thioether (sulfide) groups is 2. The van der Waals surface area contributed by atoms with Gasteiger partial charge in [-0.3, -0.25) is 9.36 Å². The van der Waals surface area contributed by atoms with Gasteiger partial charge in [-0.2, -0.15) is 0 Å². The predicted molar refractivity (Wildman–Crippen MR) is 64.9 cm³/mol. The molecule has 1 aromatic heterocycles. The Hall–Kier alpha value is -0.420. The van der Waals surface area contributed by atoms with Crippen LogP contribution in [0.2, 0.25) is 0 Å². The molecule has 1 aromatic rings. The summed E-state index contributed by atoms with van der Waals surface area (Å²) in [5, 5.41) is 1.30. The lowest BCUT2D eigenvalue weighted by Crippen LogP contribution is -2.22. The summed E-state index contributed by atoms with van der Waals surface area (Å²) in [6.07, 6.45) is 0.932. The van der Waals surface area contributed by atoms with Crippen molar-refractivity contribution in [1.29, 1.82) is 0 Å². The van der Waals surface area contributed by atoms with Crippen molar-refractivity contribution in [2.45, 2.75) is 35.6 Å². The number of rotatable bonds is 2. The van der Waals surface area contributed by atoms with Gasteiger partial charge in [0, 0.05) is 24.5 Å². The number of aryl methyl sites for hydroxylation is 1. The standard InChI is InChI=1S/C10H14N2OS2/c1-6(2)15-10-11-7-4-5-14-8(7)9(13)12(10)3/h6H,4-5H2,1-3H3. The van der Waals surface area contributed by atoms with E-state index in [4.69, 9.17) is 0 Å². The second-order valence-corrected chi connectivity index (χ2v) is 6.45. The maximum atomic E-state index is 12.0. The Morgan fingerprint density at radius 2 is 2.27 bits per heavy atom. The van der Waals surface area contributed by atoms with Gasteiger partial charge in [-0.15, -0.1) is 11.8 Å². The van der Waals surface area contributed by atoms with Crippen LogP contribution in [0.4, 0.5) is 0 Å². The highest BCUT2D eigenvalue weighted by molar-refractivity contribution is 8.00. The molecule has 3 nitrogen and oxygen atoms in total. The number of fused-ring (bicyclic) bond motifs is 1. The normalized spacial score (nSPS) is 14.7. The third kappa shape index (κ3) is 2.08. The summed E-state index contributed by atoms with van der Waals surface area (Å²) >= 11 is 3.28. The minimum atomic E-state index is 0.116. The number of hydrogen-bond donors (Lipinski definition) is 0. The first-order chi connectivity index (χ1) is 7.09. The lowest BCUT2D eigenvalue weighted by Gasteiger charge is -2.10. The van der Waals surface area contributed by atoms with Crippen LogP contribution in [0.15, 0.2) is 14.8 Å².